The summed E-state index contributed by atoms with van der Waals surface area (Å²) in [6.45, 7) is 2.45. The summed E-state index contributed by atoms with van der Waals surface area (Å²) in [6, 6.07) is 11.9. The maximum atomic E-state index is 9.16. The smallest absolute Gasteiger partial charge is 0.134 e. The zero-order valence-electron chi connectivity index (χ0n) is 9.89. The first-order chi connectivity index (χ1) is 8.24. The van der Waals surface area contributed by atoms with Crippen LogP contribution in [0.1, 0.15) is 17.2 Å². The first-order valence-corrected chi connectivity index (χ1v) is 5.72. The average Bonchev–Trinajstić information content (AvgIpc) is 2.81. The molecule has 0 amide bonds. The van der Waals surface area contributed by atoms with Gasteiger partial charge in [0.1, 0.15) is 11.5 Å². The molecule has 1 heterocycles. The number of hydrogen-bond acceptors (Lipinski definition) is 3. The van der Waals surface area contributed by atoms with Gasteiger partial charge in [-0.05, 0) is 19.1 Å². The van der Waals surface area contributed by atoms with E-state index in [1.54, 1.807) is 0 Å². The fraction of sp³-hybridized carbons (Fsp3) is 0.286. The Kier molecular flexibility index (Phi) is 3.61. The fourth-order valence-corrected chi connectivity index (χ4v) is 1.73. The fourth-order valence-electron chi connectivity index (χ4n) is 1.73. The van der Waals surface area contributed by atoms with Crippen LogP contribution in [0, 0.1) is 6.92 Å². The number of aliphatic hydroxyl groups is 1. The molecule has 0 aliphatic carbocycles. The van der Waals surface area contributed by atoms with E-state index < -0.39 is 0 Å². The van der Waals surface area contributed by atoms with E-state index >= 15 is 0 Å². The van der Waals surface area contributed by atoms with E-state index in [2.05, 4.69) is 0 Å². The highest BCUT2D eigenvalue weighted by molar-refractivity contribution is 5.58. The first-order valence-electron chi connectivity index (χ1n) is 5.72. The Bertz CT molecular complexity index is 469. The van der Waals surface area contributed by atoms with Crippen LogP contribution in [-0.4, -0.2) is 18.3 Å². The molecular weight excluding hydrogens is 214 g/mol. The predicted molar refractivity (Wildman–Crippen MR) is 67.8 cm³/mol. The van der Waals surface area contributed by atoms with E-state index in [-0.39, 0.29) is 12.5 Å². The maximum Gasteiger partial charge on any atom is 0.134 e. The average molecular weight is 231 g/mol. The Morgan fingerprint density at radius 1 is 1.18 bits per heavy atom. The molecule has 0 saturated heterocycles. The molecule has 1 aromatic heterocycles. The van der Waals surface area contributed by atoms with Crippen LogP contribution >= 0.6 is 0 Å². The number of rotatable bonds is 4. The maximum absolute atomic E-state index is 9.16. The van der Waals surface area contributed by atoms with Gasteiger partial charge in [-0.2, -0.15) is 0 Å². The van der Waals surface area contributed by atoms with Gasteiger partial charge in [-0.3, -0.25) is 0 Å². The van der Waals surface area contributed by atoms with Crippen molar-refractivity contribution in [1.82, 2.24) is 0 Å². The van der Waals surface area contributed by atoms with Crippen molar-refractivity contribution >= 4 is 0 Å². The lowest BCUT2D eigenvalue weighted by Gasteiger charge is -2.07. The lowest BCUT2D eigenvalue weighted by atomic mass is 10.1. The zero-order chi connectivity index (χ0) is 12.3. The molecule has 17 heavy (non-hydrogen) atoms. The highest BCUT2D eigenvalue weighted by Gasteiger charge is 2.13. The molecule has 0 spiro atoms. The van der Waals surface area contributed by atoms with Gasteiger partial charge >= 0.3 is 0 Å². The van der Waals surface area contributed by atoms with Crippen molar-refractivity contribution in [3.05, 3.63) is 47.7 Å². The quantitative estimate of drug-likeness (QED) is 0.848. The summed E-state index contributed by atoms with van der Waals surface area (Å²) >= 11 is 0. The summed E-state index contributed by atoms with van der Waals surface area (Å²) < 4.78 is 5.71. The lowest BCUT2D eigenvalue weighted by Crippen LogP contribution is -2.15. The molecule has 0 saturated carbocycles. The molecule has 1 atom stereocenters. The predicted octanol–water partition coefficient (Wildman–Crippen LogP) is 2.29. The van der Waals surface area contributed by atoms with Crippen molar-refractivity contribution in [1.29, 1.82) is 0 Å². The summed E-state index contributed by atoms with van der Waals surface area (Å²) in [7, 11) is 0. The number of aliphatic hydroxyl groups excluding tert-OH is 1. The van der Waals surface area contributed by atoms with Crippen LogP contribution in [0.5, 0.6) is 0 Å². The zero-order valence-corrected chi connectivity index (χ0v) is 9.89. The molecule has 1 unspecified atom stereocenters. The van der Waals surface area contributed by atoms with Crippen LogP contribution in [0.15, 0.2) is 40.8 Å². The van der Waals surface area contributed by atoms with Gasteiger partial charge in [0.2, 0.25) is 0 Å². The van der Waals surface area contributed by atoms with Gasteiger partial charge in [-0.1, -0.05) is 29.8 Å². The van der Waals surface area contributed by atoms with Crippen LogP contribution in [0.4, 0.5) is 0 Å². The van der Waals surface area contributed by atoms with Crippen molar-refractivity contribution in [3.63, 3.8) is 0 Å². The number of aryl methyl sites for hydroxylation is 1. The van der Waals surface area contributed by atoms with Gasteiger partial charge in [-0.25, -0.2) is 0 Å². The molecule has 1 aromatic carbocycles. The van der Waals surface area contributed by atoms with Crippen LogP contribution in [0.2, 0.25) is 0 Å². The van der Waals surface area contributed by atoms with Crippen LogP contribution in [0.3, 0.4) is 0 Å². The number of benzene rings is 1. The Balaban J connectivity index is 2.26. The number of hydrogen-bond donors (Lipinski definition) is 2. The van der Waals surface area contributed by atoms with Crippen molar-refractivity contribution in [2.24, 2.45) is 5.73 Å². The lowest BCUT2D eigenvalue weighted by molar-refractivity contribution is 0.252. The van der Waals surface area contributed by atoms with Gasteiger partial charge in [0.15, 0.2) is 0 Å². The van der Waals surface area contributed by atoms with E-state index in [1.807, 2.05) is 43.3 Å². The summed E-state index contributed by atoms with van der Waals surface area (Å²) in [5.74, 6) is 1.44. The summed E-state index contributed by atoms with van der Waals surface area (Å²) in [6.07, 6.45) is 0. The molecule has 3 N–H and O–H groups in total. The Hall–Kier alpha value is -1.58. The summed E-state index contributed by atoms with van der Waals surface area (Å²) in [5.41, 5.74) is 7.82. The van der Waals surface area contributed by atoms with E-state index in [0.717, 1.165) is 17.1 Å². The van der Waals surface area contributed by atoms with Crippen molar-refractivity contribution < 1.29 is 9.52 Å². The second-order valence-corrected chi connectivity index (χ2v) is 4.18. The third-order valence-corrected chi connectivity index (χ3v) is 2.87. The van der Waals surface area contributed by atoms with E-state index in [9.17, 15) is 0 Å². The topological polar surface area (TPSA) is 59.4 Å². The van der Waals surface area contributed by atoms with Gasteiger partial charge in [-0.15, -0.1) is 0 Å². The standard InChI is InChI=1S/C14H17NO2/c1-10-2-4-11(5-3-10)13-6-7-14(17-13)12(8-15)9-16/h2-7,12,16H,8-9,15H2,1H3. The highest BCUT2D eigenvalue weighted by atomic mass is 16.3. The van der Waals surface area contributed by atoms with Gasteiger partial charge in [0.25, 0.3) is 0 Å². The van der Waals surface area contributed by atoms with Crippen molar-refractivity contribution in [3.8, 4) is 11.3 Å². The molecule has 0 radical (unpaired) electrons. The summed E-state index contributed by atoms with van der Waals surface area (Å²) in [5, 5.41) is 9.16. The molecule has 0 aliphatic heterocycles. The molecule has 3 heteroatoms. The van der Waals surface area contributed by atoms with Crippen LogP contribution < -0.4 is 5.73 Å². The molecule has 0 aliphatic rings. The number of furan rings is 1. The Morgan fingerprint density at radius 2 is 1.88 bits per heavy atom. The number of nitrogens with two attached hydrogens (primary N) is 1. The minimum Gasteiger partial charge on any atom is -0.461 e. The SMILES string of the molecule is Cc1ccc(-c2ccc(C(CN)CO)o2)cc1. The van der Waals surface area contributed by atoms with E-state index in [1.165, 1.54) is 5.56 Å². The molecule has 0 fully saturated rings. The molecule has 90 valence electrons. The second kappa shape index (κ2) is 5.17. The minimum atomic E-state index is -0.116. The van der Waals surface area contributed by atoms with Crippen molar-refractivity contribution in [2.75, 3.05) is 13.2 Å². The third kappa shape index (κ3) is 2.57. The second-order valence-electron chi connectivity index (χ2n) is 4.18. The molecule has 2 aromatic rings. The van der Waals surface area contributed by atoms with Gasteiger partial charge in [0.05, 0.1) is 12.5 Å². The first kappa shape index (κ1) is 11.9. The highest BCUT2D eigenvalue weighted by Crippen LogP contribution is 2.26. The van der Waals surface area contributed by atoms with Gasteiger partial charge in [0, 0.05) is 12.1 Å². The largest absolute Gasteiger partial charge is 0.461 e. The molecule has 0 bridgehead atoms. The van der Waals surface area contributed by atoms with Crippen LogP contribution in [-0.2, 0) is 0 Å². The van der Waals surface area contributed by atoms with E-state index in [4.69, 9.17) is 15.3 Å². The summed E-state index contributed by atoms with van der Waals surface area (Å²) in [4.78, 5) is 0. The third-order valence-electron chi connectivity index (χ3n) is 2.87. The molecular formula is C14H17NO2. The van der Waals surface area contributed by atoms with Gasteiger partial charge < -0.3 is 15.3 Å². The van der Waals surface area contributed by atoms with Crippen molar-refractivity contribution in [2.45, 2.75) is 12.8 Å². The minimum absolute atomic E-state index is 0.0113. The Labute approximate surface area is 101 Å². The van der Waals surface area contributed by atoms with Crippen LogP contribution in [0.25, 0.3) is 11.3 Å². The Morgan fingerprint density at radius 3 is 2.47 bits per heavy atom. The monoisotopic (exact) mass is 231 g/mol. The molecule has 3 nitrogen and oxygen atoms in total. The van der Waals surface area contributed by atoms with E-state index in [0.29, 0.717) is 6.54 Å². The normalized spacial score (nSPS) is 12.6. The molecule has 2 rings (SSSR count).